The Labute approximate surface area is 173 Å². The Morgan fingerprint density at radius 2 is 1.70 bits per heavy atom. The molecule has 170 valence electrons. The second-order valence-corrected chi connectivity index (χ2v) is 9.05. The van der Waals surface area contributed by atoms with Crippen molar-refractivity contribution < 1.29 is 36.3 Å². The Morgan fingerprint density at radius 1 is 1.20 bits per heavy atom. The van der Waals surface area contributed by atoms with Crippen LogP contribution in [0, 0.1) is 5.92 Å². The van der Waals surface area contributed by atoms with Crippen LogP contribution in [0.5, 0.6) is 0 Å². The number of rotatable bonds is 6. The molecule has 1 heterocycles. The first-order valence-electron chi connectivity index (χ1n) is 9.14. The average Bonchev–Trinajstić information content (AvgIpc) is 2.99. The summed E-state index contributed by atoms with van der Waals surface area (Å²) >= 11 is 0. The van der Waals surface area contributed by atoms with Gasteiger partial charge in [-0.15, -0.1) is 0 Å². The lowest BCUT2D eigenvalue weighted by atomic mass is 10.0. The molecule has 1 saturated heterocycles. The second-order valence-electron chi connectivity index (χ2n) is 7.01. The van der Waals surface area contributed by atoms with E-state index in [1.54, 1.807) is 0 Å². The molecule has 2 rings (SSSR count). The first-order chi connectivity index (χ1) is 13.8. The molecule has 0 bridgehead atoms. The predicted molar refractivity (Wildman–Crippen MR) is 104 cm³/mol. The average molecular weight is 453 g/mol. The van der Waals surface area contributed by atoms with Crippen molar-refractivity contribution in [1.82, 2.24) is 9.62 Å². The second kappa shape index (κ2) is 10.7. The minimum Gasteiger partial charge on any atom is -0.475 e. The summed E-state index contributed by atoms with van der Waals surface area (Å²) < 4.78 is 57.3. The van der Waals surface area contributed by atoms with E-state index in [0.717, 1.165) is 11.1 Å². The molecule has 1 fully saturated rings. The Bertz CT molecular complexity index is 826. The number of carboxylic acid groups (broad SMARTS) is 1. The van der Waals surface area contributed by atoms with Crippen LogP contribution < -0.4 is 11.1 Å². The minimum absolute atomic E-state index is 0.0810. The lowest BCUT2D eigenvalue weighted by Gasteiger charge is -2.28. The lowest BCUT2D eigenvalue weighted by Crippen LogP contribution is -2.50. The number of nitrogens with one attached hydrogen (secondary N) is 1. The lowest BCUT2D eigenvalue weighted by molar-refractivity contribution is -0.192. The Kier molecular flexibility index (Phi) is 9.25. The molecule has 4 N–H and O–H groups in total. The zero-order chi connectivity index (χ0) is 23.1. The predicted octanol–water partition coefficient (Wildman–Crippen LogP) is 1.45. The number of nitrogens with two attached hydrogens (primary N) is 1. The zero-order valence-electron chi connectivity index (χ0n) is 16.6. The molecule has 1 aliphatic heterocycles. The summed E-state index contributed by atoms with van der Waals surface area (Å²) in [5.74, 6) is -2.95. The normalized spacial score (nSPS) is 17.2. The van der Waals surface area contributed by atoms with E-state index in [9.17, 15) is 26.4 Å². The third kappa shape index (κ3) is 7.58. The molecule has 8 nitrogen and oxygen atoms in total. The van der Waals surface area contributed by atoms with E-state index in [0.29, 0.717) is 26.1 Å². The number of amides is 1. The number of carbonyl (C=O) groups is 2. The highest BCUT2D eigenvalue weighted by Crippen LogP contribution is 2.22. The van der Waals surface area contributed by atoms with Gasteiger partial charge in [0.15, 0.2) is 0 Å². The summed E-state index contributed by atoms with van der Waals surface area (Å²) in [6.45, 7) is 5.02. The van der Waals surface area contributed by atoms with Crippen LogP contribution in [0.4, 0.5) is 13.2 Å². The molecule has 1 aliphatic rings. The van der Waals surface area contributed by atoms with Crippen molar-refractivity contribution in [1.29, 1.82) is 0 Å². The molecule has 1 aromatic rings. The van der Waals surface area contributed by atoms with Gasteiger partial charge in [0.2, 0.25) is 15.9 Å². The van der Waals surface area contributed by atoms with Gasteiger partial charge >= 0.3 is 12.1 Å². The number of benzene rings is 1. The fourth-order valence-corrected chi connectivity index (χ4v) is 4.65. The summed E-state index contributed by atoms with van der Waals surface area (Å²) in [5, 5.41) is 9.98. The molecule has 0 aliphatic carbocycles. The summed E-state index contributed by atoms with van der Waals surface area (Å²) in [6, 6.07) is 7.03. The third-order valence-electron chi connectivity index (χ3n) is 4.32. The van der Waals surface area contributed by atoms with Crippen LogP contribution in [0.3, 0.4) is 0 Å². The van der Waals surface area contributed by atoms with Crippen LogP contribution in [0.15, 0.2) is 24.3 Å². The number of hydrogen-bond donors (Lipinski definition) is 3. The van der Waals surface area contributed by atoms with Gasteiger partial charge in [-0.25, -0.2) is 13.2 Å². The van der Waals surface area contributed by atoms with Crippen molar-refractivity contribution in [3.63, 3.8) is 0 Å². The maximum atomic E-state index is 12.5. The van der Waals surface area contributed by atoms with Crippen molar-refractivity contribution >= 4 is 21.9 Å². The molecule has 1 aromatic carbocycles. The first kappa shape index (κ1) is 25.9. The van der Waals surface area contributed by atoms with Gasteiger partial charge in [-0.3, -0.25) is 4.79 Å². The van der Waals surface area contributed by atoms with E-state index in [2.05, 4.69) is 5.32 Å². The van der Waals surface area contributed by atoms with Crippen LogP contribution in [-0.4, -0.2) is 54.2 Å². The van der Waals surface area contributed by atoms with Crippen LogP contribution in [0.25, 0.3) is 0 Å². The van der Waals surface area contributed by atoms with E-state index >= 15 is 0 Å². The van der Waals surface area contributed by atoms with Crippen molar-refractivity contribution in [3.8, 4) is 0 Å². The largest absolute Gasteiger partial charge is 0.490 e. The third-order valence-corrected chi connectivity index (χ3v) is 6.25. The van der Waals surface area contributed by atoms with Crippen LogP contribution >= 0.6 is 0 Å². The number of hydrogen-bond acceptors (Lipinski definition) is 5. The molecular formula is C18H26F3N3O5S. The van der Waals surface area contributed by atoms with E-state index in [1.165, 1.54) is 4.31 Å². The number of halogens is 3. The summed E-state index contributed by atoms with van der Waals surface area (Å²) in [4.78, 5) is 21.4. The smallest absolute Gasteiger partial charge is 0.475 e. The molecule has 1 amide bonds. The van der Waals surface area contributed by atoms with Crippen molar-refractivity contribution in [2.75, 3.05) is 12.3 Å². The topological polar surface area (TPSA) is 130 Å². The minimum atomic E-state index is -5.08. The van der Waals surface area contributed by atoms with Crippen molar-refractivity contribution in [3.05, 3.63) is 35.4 Å². The molecule has 30 heavy (non-hydrogen) atoms. The van der Waals surface area contributed by atoms with E-state index < -0.39 is 28.2 Å². The molecule has 0 saturated carbocycles. The quantitative estimate of drug-likeness (QED) is 0.598. The van der Waals surface area contributed by atoms with E-state index in [-0.39, 0.29) is 17.6 Å². The van der Waals surface area contributed by atoms with Crippen molar-refractivity contribution in [2.45, 2.75) is 45.6 Å². The number of aliphatic carboxylic acids is 1. The van der Waals surface area contributed by atoms with Gasteiger partial charge in [0.25, 0.3) is 0 Å². The highest BCUT2D eigenvalue weighted by molar-refractivity contribution is 7.89. The van der Waals surface area contributed by atoms with Crippen LogP contribution in [0.1, 0.15) is 31.4 Å². The molecule has 0 aromatic heterocycles. The van der Waals surface area contributed by atoms with E-state index in [4.69, 9.17) is 15.6 Å². The van der Waals surface area contributed by atoms with Gasteiger partial charge < -0.3 is 16.2 Å². The maximum absolute atomic E-state index is 12.5. The highest BCUT2D eigenvalue weighted by Gasteiger charge is 2.40. The number of carboxylic acids is 1. The standard InChI is InChI=1S/C16H25N3O3S.C2HF3O2/c1-12(2)15(19-8-3-9-23(19,21)22)16(20)18-11-14-6-4-13(10-17)5-7-14;3-2(4,5)1(6)7/h4-7,12,15H,3,8-11,17H2,1-2H3,(H,18,20);(H,6,7). The van der Waals surface area contributed by atoms with E-state index in [1.807, 2.05) is 38.1 Å². The Hall–Kier alpha value is -2.18. The summed E-state index contributed by atoms with van der Waals surface area (Å²) in [7, 11) is -3.31. The molecule has 1 atom stereocenters. The van der Waals surface area contributed by atoms with Crippen LogP contribution in [-0.2, 0) is 32.7 Å². The molecular weight excluding hydrogens is 427 g/mol. The molecule has 0 radical (unpaired) electrons. The van der Waals surface area contributed by atoms with Crippen molar-refractivity contribution in [2.24, 2.45) is 11.7 Å². The number of sulfonamides is 1. The van der Waals surface area contributed by atoms with Gasteiger partial charge in [0.05, 0.1) is 5.75 Å². The molecule has 12 heteroatoms. The fraction of sp³-hybridized carbons (Fsp3) is 0.556. The van der Waals surface area contributed by atoms with Gasteiger partial charge in [0, 0.05) is 19.6 Å². The number of nitrogens with zero attached hydrogens (tertiary/aromatic N) is 1. The van der Waals surface area contributed by atoms with Gasteiger partial charge in [-0.05, 0) is 23.5 Å². The maximum Gasteiger partial charge on any atom is 0.490 e. The van der Waals surface area contributed by atoms with Crippen LogP contribution in [0.2, 0.25) is 0 Å². The Balaban J connectivity index is 0.000000553. The molecule has 1 unspecified atom stereocenters. The summed E-state index contributed by atoms with van der Waals surface area (Å²) in [5.41, 5.74) is 7.55. The zero-order valence-corrected chi connectivity index (χ0v) is 17.5. The number of alkyl halides is 3. The van der Waals surface area contributed by atoms with Gasteiger partial charge in [-0.2, -0.15) is 17.5 Å². The SMILES string of the molecule is CC(C)C(C(=O)NCc1ccc(CN)cc1)N1CCCS1(=O)=O.O=C(O)C(F)(F)F. The fourth-order valence-electron chi connectivity index (χ4n) is 2.82. The first-order valence-corrected chi connectivity index (χ1v) is 10.8. The summed E-state index contributed by atoms with van der Waals surface area (Å²) in [6.07, 6.45) is -4.50. The number of carbonyl (C=O) groups excluding carboxylic acids is 1. The monoisotopic (exact) mass is 453 g/mol. The highest BCUT2D eigenvalue weighted by atomic mass is 32.2. The Morgan fingerprint density at radius 3 is 2.07 bits per heavy atom. The molecule has 0 spiro atoms. The van der Waals surface area contributed by atoms with Gasteiger partial charge in [0.1, 0.15) is 6.04 Å². The van der Waals surface area contributed by atoms with Gasteiger partial charge in [-0.1, -0.05) is 38.1 Å².